The Kier molecular flexibility index (Phi) is 3.97. The summed E-state index contributed by atoms with van der Waals surface area (Å²) >= 11 is 0. The van der Waals surface area contributed by atoms with Crippen LogP contribution in [0.3, 0.4) is 0 Å². The van der Waals surface area contributed by atoms with Gasteiger partial charge < -0.3 is 10.1 Å². The molecule has 1 aromatic rings. The van der Waals surface area contributed by atoms with E-state index >= 15 is 0 Å². The summed E-state index contributed by atoms with van der Waals surface area (Å²) in [7, 11) is 0. The minimum absolute atomic E-state index is 0.200. The molecule has 0 unspecified atom stereocenters. The monoisotopic (exact) mass is 276 g/mol. The second kappa shape index (κ2) is 5.53. The highest BCUT2D eigenvalue weighted by atomic mass is 16.5. The molecule has 20 heavy (non-hydrogen) atoms. The fraction of sp³-hybridized carbons (Fsp3) is 0.467. The Labute approximate surface area is 118 Å². The van der Waals surface area contributed by atoms with Crippen molar-refractivity contribution in [1.29, 1.82) is 0 Å². The van der Waals surface area contributed by atoms with Crippen molar-refractivity contribution >= 4 is 11.9 Å². The maximum atomic E-state index is 11.8. The number of hydrogen-bond donors (Lipinski definition) is 2. The Balaban J connectivity index is 2.16. The van der Waals surface area contributed by atoms with Crippen molar-refractivity contribution in [3.8, 4) is 5.75 Å². The molecule has 1 atom stereocenters. The van der Waals surface area contributed by atoms with Gasteiger partial charge in [0, 0.05) is 0 Å². The van der Waals surface area contributed by atoms with Crippen LogP contribution in [-0.4, -0.2) is 18.0 Å². The van der Waals surface area contributed by atoms with Gasteiger partial charge >= 0.3 is 6.03 Å². The van der Waals surface area contributed by atoms with Crippen molar-refractivity contribution in [3.63, 3.8) is 0 Å². The lowest BCUT2D eigenvalue weighted by atomic mass is 9.92. The Morgan fingerprint density at radius 2 is 1.75 bits per heavy atom. The van der Waals surface area contributed by atoms with E-state index in [1.165, 1.54) is 0 Å². The van der Waals surface area contributed by atoms with Crippen LogP contribution in [0.25, 0.3) is 0 Å². The zero-order chi connectivity index (χ0) is 14.8. The van der Waals surface area contributed by atoms with Crippen LogP contribution in [0.2, 0.25) is 0 Å². The molecule has 3 amide bonds. The van der Waals surface area contributed by atoms with Crippen molar-refractivity contribution in [2.75, 3.05) is 0 Å². The van der Waals surface area contributed by atoms with Crippen LogP contribution in [-0.2, 0) is 10.3 Å². The van der Waals surface area contributed by atoms with Crippen LogP contribution >= 0.6 is 0 Å². The van der Waals surface area contributed by atoms with Crippen LogP contribution < -0.4 is 15.4 Å². The van der Waals surface area contributed by atoms with E-state index in [2.05, 4.69) is 24.5 Å². The second-order valence-corrected chi connectivity index (χ2v) is 5.11. The standard InChI is InChI=1S/C15H20N2O3/c1-4-11(5-2)20-12-8-6-10(7-9-12)15(3)13(18)16-14(19)17-15/h6-9,11H,4-5H2,1-3H3,(H2,16,17,18,19)/t15-/m0/s1. The molecule has 0 spiro atoms. The Bertz CT molecular complexity index is 508. The number of carbonyl (C=O) groups is 2. The van der Waals surface area contributed by atoms with E-state index in [0.717, 1.165) is 24.2 Å². The summed E-state index contributed by atoms with van der Waals surface area (Å²) in [5.41, 5.74) is -0.275. The molecule has 0 bridgehead atoms. The third-order valence-corrected chi connectivity index (χ3v) is 3.69. The number of nitrogens with one attached hydrogen (secondary N) is 2. The van der Waals surface area contributed by atoms with Gasteiger partial charge in [0.25, 0.3) is 5.91 Å². The molecule has 5 nitrogen and oxygen atoms in total. The number of imide groups is 1. The zero-order valence-electron chi connectivity index (χ0n) is 12.0. The fourth-order valence-electron chi connectivity index (χ4n) is 2.26. The van der Waals surface area contributed by atoms with E-state index in [9.17, 15) is 9.59 Å². The molecule has 1 heterocycles. The summed E-state index contributed by atoms with van der Waals surface area (Å²) in [6.07, 6.45) is 2.11. The lowest BCUT2D eigenvalue weighted by Crippen LogP contribution is -2.40. The van der Waals surface area contributed by atoms with Gasteiger partial charge in [-0.05, 0) is 37.5 Å². The van der Waals surface area contributed by atoms with Gasteiger partial charge in [-0.3, -0.25) is 10.1 Å². The van der Waals surface area contributed by atoms with Gasteiger partial charge in [0.15, 0.2) is 0 Å². The number of urea groups is 1. The van der Waals surface area contributed by atoms with Crippen molar-refractivity contribution < 1.29 is 14.3 Å². The second-order valence-electron chi connectivity index (χ2n) is 5.11. The number of rotatable bonds is 5. The Morgan fingerprint density at radius 3 is 2.20 bits per heavy atom. The highest BCUT2D eigenvalue weighted by molar-refractivity contribution is 6.07. The molecule has 1 fully saturated rings. The summed E-state index contributed by atoms with van der Waals surface area (Å²) in [4.78, 5) is 23.1. The first-order valence-corrected chi connectivity index (χ1v) is 6.90. The van der Waals surface area contributed by atoms with E-state index in [4.69, 9.17) is 4.74 Å². The SMILES string of the molecule is CCC(CC)Oc1ccc([C@]2(C)NC(=O)NC2=O)cc1. The molecule has 1 aliphatic rings. The summed E-state index contributed by atoms with van der Waals surface area (Å²) in [5.74, 6) is 0.437. The largest absolute Gasteiger partial charge is 0.490 e. The number of benzene rings is 1. The van der Waals surface area contributed by atoms with Gasteiger partial charge in [-0.25, -0.2) is 4.79 Å². The van der Waals surface area contributed by atoms with Crippen molar-refractivity contribution in [2.45, 2.75) is 45.3 Å². The first kappa shape index (κ1) is 14.4. The highest BCUT2D eigenvalue weighted by Gasteiger charge is 2.43. The first-order valence-electron chi connectivity index (χ1n) is 6.90. The third-order valence-electron chi connectivity index (χ3n) is 3.69. The normalized spacial score (nSPS) is 21.8. The summed E-state index contributed by atoms with van der Waals surface area (Å²) in [6, 6.07) is 6.81. The van der Waals surface area contributed by atoms with E-state index in [1.807, 2.05) is 24.3 Å². The van der Waals surface area contributed by atoms with Gasteiger partial charge in [-0.15, -0.1) is 0 Å². The van der Waals surface area contributed by atoms with Gasteiger partial charge in [0.1, 0.15) is 11.3 Å². The molecule has 1 aliphatic heterocycles. The molecule has 2 rings (SSSR count). The summed E-state index contributed by atoms with van der Waals surface area (Å²) in [6.45, 7) is 5.86. The zero-order valence-corrected chi connectivity index (χ0v) is 12.0. The number of hydrogen-bond acceptors (Lipinski definition) is 3. The molecular weight excluding hydrogens is 256 g/mol. The maximum absolute atomic E-state index is 11.8. The molecule has 0 saturated carbocycles. The minimum Gasteiger partial charge on any atom is -0.490 e. The average molecular weight is 276 g/mol. The van der Waals surface area contributed by atoms with Gasteiger partial charge in [0.2, 0.25) is 0 Å². The maximum Gasteiger partial charge on any atom is 0.322 e. The van der Waals surface area contributed by atoms with Crippen LogP contribution in [0.5, 0.6) is 5.75 Å². The lowest BCUT2D eigenvalue weighted by Gasteiger charge is -2.22. The van der Waals surface area contributed by atoms with Crippen molar-refractivity contribution in [3.05, 3.63) is 29.8 Å². The Morgan fingerprint density at radius 1 is 1.15 bits per heavy atom. The van der Waals surface area contributed by atoms with E-state index in [-0.39, 0.29) is 12.0 Å². The van der Waals surface area contributed by atoms with Gasteiger partial charge in [0.05, 0.1) is 6.10 Å². The fourth-order valence-corrected chi connectivity index (χ4v) is 2.26. The summed E-state index contributed by atoms with van der Waals surface area (Å²) < 4.78 is 5.82. The molecule has 1 aromatic carbocycles. The van der Waals surface area contributed by atoms with E-state index < -0.39 is 11.6 Å². The molecule has 0 aliphatic carbocycles. The van der Waals surface area contributed by atoms with E-state index in [0.29, 0.717) is 0 Å². The van der Waals surface area contributed by atoms with Crippen molar-refractivity contribution in [1.82, 2.24) is 10.6 Å². The van der Waals surface area contributed by atoms with Crippen LogP contribution in [0, 0.1) is 0 Å². The van der Waals surface area contributed by atoms with E-state index in [1.54, 1.807) is 6.92 Å². The number of ether oxygens (including phenoxy) is 1. The van der Waals surface area contributed by atoms with Crippen LogP contribution in [0.1, 0.15) is 39.2 Å². The number of carbonyl (C=O) groups excluding carboxylic acids is 2. The predicted molar refractivity (Wildman–Crippen MR) is 75.5 cm³/mol. The predicted octanol–water partition coefficient (Wildman–Crippen LogP) is 2.31. The topological polar surface area (TPSA) is 67.4 Å². The van der Waals surface area contributed by atoms with Gasteiger partial charge in [-0.1, -0.05) is 26.0 Å². The molecule has 5 heteroatoms. The summed E-state index contributed by atoms with van der Waals surface area (Å²) in [5, 5.41) is 4.89. The average Bonchev–Trinajstić information content (AvgIpc) is 2.71. The quantitative estimate of drug-likeness (QED) is 0.811. The molecular formula is C15H20N2O3. The van der Waals surface area contributed by atoms with Crippen LogP contribution in [0.4, 0.5) is 4.79 Å². The molecule has 2 N–H and O–H groups in total. The molecule has 0 radical (unpaired) electrons. The Hall–Kier alpha value is -2.04. The van der Waals surface area contributed by atoms with Crippen molar-refractivity contribution in [2.24, 2.45) is 0 Å². The number of amides is 3. The lowest BCUT2D eigenvalue weighted by molar-refractivity contribution is -0.123. The highest BCUT2D eigenvalue weighted by Crippen LogP contribution is 2.26. The third kappa shape index (κ3) is 2.61. The minimum atomic E-state index is -1.01. The smallest absolute Gasteiger partial charge is 0.322 e. The van der Waals surface area contributed by atoms with Crippen LogP contribution in [0.15, 0.2) is 24.3 Å². The molecule has 0 aromatic heterocycles. The molecule has 108 valence electrons. The molecule has 1 saturated heterocycles. The first-order chi connectivity index (χ1) is 9.49. The van der Waals surface area contributed by atoms with Gasteiger partial charge in [-0.2, -0.15) is 0 Å².